The van der Waals surface area contributed by atoms with Crippen molar-refractivity contribution in [2.24, 2.45) is 0 Å². The van der Waals surface area contributed by atoms with Gasteiger partial charge in [0.1, 0.15) is 0 Å². The maximum absolute atomic E-state index is 12.0. The number of benzene rings is 1. The van der Waals surface area contributed by atoms with E-state index < -0.39 is 5.97 Å². The Morgan fingerprint density at radius 1 is 1.24 bits per heavy atom. The highest BCUT2D eigenvalue weighted by atomic mass is 16.4. The lowest BCUT2D eigenvalue weighted by molar-refractivity contribution is -0.136. The first kappa shape index (κ1) is 17.0. The SMILES string of the molecule is CCCC(CC)NC(=O)Nc1ccccc1CCC(=O)O. The van der Waals surface area contributed by atoms with Crippen LogP contribution in [-0.2, 0) is 11.2 Å². The first-order valence-corrected chi connectivity index (χ1v) is 7.44. The zero-order valence-electron chi connectivity index (χ0n) is 12.7. The van der Waals surface area contributed by atoms with Crippen LogP contribution >= 0.6 is 0 Å². The fourth-order valence-corrected chi connectivity index (χ4v) is 2.17. The van der Waals surface area contributed by atoms with E-state index in [9.17, 15) is 9.59 Å². The normalized spacial score (nSPS) is 11.7. The van der Waals surface area contributed by atoms with Crippen molar-refractivity contribution >= 4 is 17.7 Å². The Labute approximate surface area is 125 Å². The van der Waals surface area contributed by atoms with E-state index in [2.05, 4.69) is 17.6 Å². The summed E-state index contributed by atoms with van der Waals surface area (Å²) >= 11 is 0. The van der Waals surface area contributed by atoms with Crippen molar-refractivity contribution in [3.63, 3.8) is 0 Å². The Balaban J connectivity index is 2.64. The minimum absolute atomic E-state index is 0.0493. The number of amides is 2. The van der Waals surface area contributed by atoms with Crippen LogP contribution in [0.25, 0.3) is 0 Å². The number of hydrogen-bond acceptors (Lipinski definition) is 2. The molecule has 5 heteroatoms. The highest BCUT2D eigenvalue weighted by Gasteiger charge is 2.11. The molecule has 1 aromatic carbocycles. The molecule has 21 heavy (non-hydrogen) atoms. The molecule has 1 rings (SSSR count). The van der Waals surface area contributed by atoms with Gasteiger partial charge in [0.2, 0.25) is 0 Å². The van der Waals surface area contributed by atoms with Crippen LogP contribution in [0, 0.1) is 0 Å². The second-order valence-corrected chi connectivity index (χ2v) is 5.04. The van der Waals surface area contributed by atoms with Crippen molar-refractivity contribution in [1.82, 2.24) is 5.32 Å². The van der Waals surface area contributed by atoms with E-state index in [1.807, 2.05) is 25.1 Å². The number of urea groups is 1. The Morgan fingerprint density at radius 3 is 2.57 bits per heavy atom. The van der Waals surface area contributed by atoms with E-state index in [4.69, 9.17) is 5.11 Å². The zero-order valence-corrected chi connectivity index (χ0v) is 12.7. The molecule has 0 fully saturated rings. The van der Waals surface area contributed by atoms with Gasteiger partial charge < -0.3 is 15.7 Å². The minimum Gasteiger partial charge on any atom is -0.481 e. The van der Waals surface area contributed by atoms with Crippen molar-refractivity contribution < 1.29 is 14.7 Å². The summed E-state index contributed by atoms with van der Waals surface area (Å²) in [4.78, 5) is 22.7. The summed E-state index contributed by atoms with van der Waals surface area (Å²) in [5.41, 5.74) is 1.50. The van der Waals surface area contributed by atoms with E-state index in [1.165, 1.54) is 0 Å². The third kappa shape index (κ3) is 6.29. The summed E-state index contributed by atoms with van der Waals surface area (Å²) in [5.74, 6) is -0.844. The molecule has 1 unspecified atom stereocenters. The summed E-state index contributed by atoms with van der Waals surface area (Å²) in [7, 11) is 0. The van der Waals surface area contributed by atoms with Gasteiger partial charge in [-0.15, -0.1) is 0 Å². The molecule has 5 nitrogen and oxygen atoms in total. The molecule has 0 saturated carbocycles. The van der Waals surface area contributed by atoms with Crippen LogP contribution in [-0.4, -0.2) is 23.1 Å². The summed E-state index contributed by atoms with van der Waals surface area (Å²) in [6, 6.07) is 7.22. The molecule has 0 aliphatic heterocycles. The van der Waals surface area contributed by atoms with Crippen LogP contribution in [0.5, 0.6) is 0 Å². The van der Waals surface area contributed by atoms with Gasteiger partial charge >= 0.3 is 12.0 Å². The standard InChI is InChI=1S/C16H24N2O3/c1-3-7-13(4-2)17-16(21)18-14-9-6-5-8-12(14)10-11-15(19)20/h5-6,8-9,13H,3-4,7,10-11H2,1-2H3,(H,19,20)(H2,17,18,21). The van der Waals surface area contributed by atoms with Gasteiger partial charge in [-0.05, 0) is 30.9 Å². The van der Waals surface area contributed by atoms with Crippen molar-refractivity contribution in [2.75, 3.05) is 5.32 Å². The zero-order chi connectivity index (χ0) is 15.7. The molecule has 0 aromatic heterocycles. The molecule has 116 valence electrons. The Kier molecular flexibility index (Phi) is 7.29. The molecular formula is C16H24N2O3. The molecule has 2 amide bonds. The number of carbonyl (C=O) groups is 2. The Hall–Kier alpha value is -2.04. The van der Waals surface area contributed by atoms with E-state index >= 15 is 0 Å². The largest absolute Gasteiger partial charge is 0.481 e. The van der Waals surface area contributed by atoms with E-state index in [1.54, 1.807) is 6.07 Å². The monoisotopic (exact) mass is 292 g/mol. The Morgan fingerprint density at radius 2 is 1.95 bits per heavy atom. The molecule has 0 saturated heterocycles. The number of rotatable bonds is 8. The van der Waals surface area contributed by atoms with Crippen LogP contribution in [0.4, 0.5) is 10.5 Å². The van der Waals surface area contributed by atoms with Gasteiger partial charge in [0.15, 0.2) is 0 Å². The number of carboxylic acids is 1. The molecule has 1 atom stereocenters. The second-order valence-electron chi connectivity index (χ2n) is 5.04. The fourth-order valence-electron chi connectivity index (χ4n) is 2.17. The number of nitrogens with one attached hydrogen (secondary N) is 2. The molecule has 0 radical (unpaired) electrons. The minimum atomic E-state index is -0.844. The van der Waals surface area contributed by atoms with Crippen molar-refractivity contribution in [3.05, 3.63) is 29.8 Å². The summed E-state index contributed by atoms with van der Waals surface area (Å²) in [6.45, 7) is 4.13. The van der Waals surface area contributed by atoms with Crippen LogP contribution < -0.4 is 10.6 Å². The Bertz CT molecular complexity index is 474. The molecule has 0 spiro atoms. The van der Waals surface area contributed by atoms with Crippen LogP contribution in [0.15, 0.2) is 24.3 Å². The average Bonchev–Trinajstić information content (AvgIpc) is 2.45. The third-order valence-corrected chi connectivity index (χ3v) is 3.34. The number of carbonyl (C=O) groups excluding carboxylic acids is 1. The van der Waals surface area contributed by atoms with Gasteiger partial charge in [0, 0.05) is 18.2 Å². The lowest BCUT2D eigenvalue weighted by Crippen LogP contribution is -2.37. The molecule has 1 aromatic rings. The lowest BCUT2D eigenvalue weighted by Gasteiger charge is -2.17. The first-order chi connectivity index (χ1) is 10.1. The summed E-state index contributed by atoms with van der Waals surface area (Å²) in [5, 5.41) is 14.5. The predicted molar refractivity (Wildman–Crippen MR) is 83.5 cm³/mol. The number of carboxylic acid groups (broad SMARTS) is 1. The quantitative estimate of drug-likeness (QED) is 0.687. The molecule has 0 aliphatic rings. The van der Waals surface area contributed by atoms with E-state index in [-0.39, 0.29) is 18.5 Å². The van der Waals surface area contributed by atoms with Crippen molar-refractivity contribution in [2.45, 2.75) is 52.0 Å². The lowest BCUT2D eigenvalue weighted by atomic mass is 10.1. The molecule has 3 N–H and O–H groups in total. The van der Waals surface area contributed by atoms with Crippen molar-refractivity contribution in [3.8, 4) is 0 Å². The van der Waals surface area contributed by atoms with Gasteiger partial charge in [0.05, 0.1) is 0 Å². The summed E-state index contributed by atoms with van der Waals surface area (Å²) in [6.07, 6.45) is 3.31. The van der Waals surface area contributed by atoms with E-state index in [0.717, 1.165) is 24.8 Å². The maximum atomic E-state index is 12.0. The van der Waals surface area contributed by atoms with Crippen LogP contribution in [0.2, 0.25) is 0 Å². The van der Waals surface area contributed by atoms with Gasteiger partial charge in [0.25, 0.3) is 0 Å². The second kappa shape index (κ2) is 9.00. The van der Waals surface area contributed by atoms with Gasteiger partial charge in [-0.1, -0.05) is 38.5 Å². The highest BCUT2D eigenvalue weighted by molar-refractivity contribution is 5.90. The van der Waals surface area contributed by atoms with Gasteiger partial charge in [-0.25, -0.2) is 4.79 Å². The fraction of sp³-hybridized carbons (Fsp3) is 0.500. The molecule has 0 bridgehead atoms. The number of aliphatic carboxylic acids is 1. The maximum Gasteiger partial charge on any atom is 0.319 e. The van der Waals surface area contributed by atoms with Crippen LogP contribution in [0.3, 0.4) is 0 Å². The molecular weight excluding hydrogens is 268 g/mol. The highest BCUT2D eigenvalue weighted by Crippen LogP contribution is 2.17. The third-order valence-electron chi connectivity index (χ3n) is 3.34. The smallest absolute Gasteiger partial charge is 0.319 e. The molecule has 0 aliphatic carbocycles. The van der Waals surface area contributed by atoms with Gasteiger partial charge in [-0.2, -0.15) is 0 Å². The number of anilines is 1. The van der Waals surface area contributed by atoms with E-state index in [0.29, 0.717) is 12.1 Å². The van der Waals surface area contributed by atoms with Crippen molar-refractivity contribution in [1.29, 1.82) is 0 Å². The molecule has 0 heterocycles. The number of hydrogen-bond donors (Lipinski definition) is 3. The topological polar surface area (TPSA) is 78.4 Å². The van der Waals surface area contributed by atoms with Gasteiger partial charge in [-0.3, -0.25) is 4.79 Å². The number of aryl methyl sites for hydroxylation is 1. The van der Waals surface area contributed by atoms with Crippen LogP contribution in [0.1, 0.15) is 45.1 Å². The summed E-state index contributed by atoms with van der Waals surface area (Å²) < 4.78 is 0. The average molecular weight is 292 g/mol. The first-order valence-electron chi connectivity index (χ1n) is 7.44. The number of para-hydroxylation sites is 1. The predicted octanol–water partition coefficient (Wildman–Crippen LogP) is 3.40.